The summed E-state index contributed by atoms with van der Waals surface area (Å²) < 4.78 is 7.95. The quantitative estimate of drug-likeness (QED) is 0.112. The molecule has 182 valence electrons. The first-order valence-corrected chi connectivity index (χ1v) is 23.4. The predicted octanol–water partition coefficient (Wildman–Crippen LogP) is 11.2. The van der Waals surface area contributed by atoms with E-state index in [1.165, 1.54) is 103 Å². The summed E-state index contributed by atoms with van der Waals surface area (Å²) in [6.45, 7) is 9.44. The van der Waals surface area contributed by atoms with E-state index in [0.717, 1.165) is 0 Å². The first-order valence-electron chi connectivity index (χ1n) is 13.5. The Morgan fingerprint density at radius 3 is 1.81 bits per heavy atom. The molecule has 2 aromatic rings. The number of unbranched alkanes of at least 4 members (excludes halogenated alkanes) is 8. The molecule has 0 spiro atoms. The molecule has 0 radical (unpaired) electrons. The maximum atomic E-state index is 3.89. The van der Waals surface area contributed by atoms with Crippen molar-refractivity contribution in [2.75, 3.05) is 0 Å². The standard InChI is InChI=1S/C16H20BrS2.3C4H9.Sn/c1-2-3-4-5-6-7-9-13-12-15(19-16(13)17)14-10-8-11-18-14;3*1-3-4-2;/h8,10,12H,2-7,9H2,1H3;3*1,3-4H2,2H3;. The average molecular weight is 646 g/mol. The van der Waals surface area contributed by atoms with Gasteiger partial charge in [-0.05, 0) is 0 Å². The monoisotopic (exact) mass is 646 g/mol. The molecular formula is C28H47BrS2Sn. The number of hydrogen-bond acceptors (Lipinski definition) is 2. The van der Waals surface area contributed by atoms with Crippen LogP contribution < -0.4 is 2.89 Å². The van der Waals surface area contributed by atoms with Crippen molar-refractivity contribution in [2.45, 2.75) is 124 Å². The second-order valence-electron chi connectivity index (χ2n) is 9.68. The van der Waals surface area contributed by atoms with Gasteiger partial charge in [0.15, 0.2) is 0 Å². The third kappa shape index (κ3) is 9.04. The van der Waals surface area contributed by atoms with Crippen LogP contribution in [-0.4, -0.2) is 18.4 Å². The van der Waals surface area contributed by atoms with Gasteiger partial charge in [-0.3, -0.25) is 0 Å². The molecule has 4 heteroatoms. The van der Waals surface area contributed by atoms with E-state index in [1.54, 1.807) is 13.3 Å². The van der Waals surface area contributed by atoms with Crippen molar-refractivity contribution in [3.05, 3.63) is 27.5 Å². The van der Waals surface area contributed by atoms with Gasteiger partial charge in [0.1, 0.15) is 0 Å². The SMILES string of the molecule is CCCCCCCCc1cc(-c2cc[c]([Sn]([CH2]CCC)([CH2]CCC)[CH2]CCC)s2)sc1Br. The van der Waals surface area contributed by atoms with Crippen LogP contribution in [0.5, 0.6) is 0 Å². The zero-order chi connectivity index (χ0) is 23.2. The van der Waals surface area contributed by atoms with E-state index in [2.05, 4.69) is 73.2 Å². The molecule has 0 aliphatic carbocycles. The molecule has 0 saturated carbocycles. The van der Waals surface area contributed by atoms with Gasteiger partial charge >= 0.3 is 208 Å². The fourth-order valence-electron chi connectivity index (χ4n) is 4.84. The minimum atomic E-state index is -2.29. The molecule has 0 nitrogen and oxygen atoms in total. The van der Waals surface area contributed by atoms with Crippen molar-refractivity contribution in [2.24, 2.45) is 0 Å². The van der Waals surface area contributed by atoms with Crippen molar-refractivity contribution in [1.29, 1.82) is 0 Å². The van der Waals surface area contributed by atoms with E-state index in [1.807, 2.05) is 14.2 Å². The van der Waals surface area contributed by atoms with Crippen LogP contribution in [0.1, 0.15) is 110 Å². The number of halogens is 1. The molecule has 0 saturated heterocycles. The Morgan fingerprint density at radius 1 is 0.656 bits per heavy atom. The maximum absolute atomic E-state index is 3.89. The fraction of sp³-hybridized carbons (Fsp3) is 0.714. The number of aryl methyl sites for hydroxylation is 1. The average Bonchev–Trinajstić information content (AvgIpc) is 3.43. The van der Waals surface area contributed by atoms with Crippen molar-refractivity contribution in [1.82, 2.24) is 0 Å². The van der Waals surface area contributed by atoms with E-state index in [-0.39, 0.29) is 0 Å². The summed E-state index contributed by atoms with van der Waals surface area (Å²) in [5.74, 6) is 0. The summed E-state index contributed by atoms with van der Waals surface area (Å²) in [4.78, 5) is 3.03. The third-order valence-corrected chi connectivity index (χ3v) is 28.5. The van der Waals surface area contributed by atoms with Crippen LogP contribution in [0.4, 0.5) is 0 Å². The molecule has 0 amide bonds. The second-order valence-corrected chi connectivity index (χ2v) is 27.3. The molecule has 0 unspecified atom stereocenters. The van der Waals surface area contributed by atoms with E-state index >= 15 is 0 Å². The summed E-state index contributed by atoms with van der Waals surface area (Å²) >= 11 is 5.76. The summed E-state index contributed by atoms with van der Waals surface area (Å²) in [6, 6.07) is 7.55. The van der Waals surface area contributed by atoms with Gasteiger partial charge in [0.05, 0.1) is 0 Å². The topological polar surface area (TPSA) is 0 Å². The number of thiophene rings is 2. The van der Waals surface area contributed by atoms with Gasteiger partial charge in [0.2, 0.25) is 0 Å². The first kappa shape index (κ1) is 28.9. The summed E-state index contributed by atoms with van der Waals surface area (Å²) in [5, 5.41) is 0. The Morgan fingerprint density at radius 2 is 1.22 bits per heavy atom. The molecule has 2 heterocycles. The molecule has 0 aliphatic rings. The van der Waals surface area contributed by atoms with Crippen LogP contribution in [0.25, 0.3) is 9.75 Å². The van der Waals surface area contributed by atoms with Gasteiger partial charge in [0.25, 0.3) is 0 Å². The predicted molar refractivity (Wildman–Crippen MR) is 157 cm³/mol. The molecule has 0 bridgehead atoms. The second kappa shape index (κ2) is 16.4. The Hall–Kier alpha value is 0.679. The van der Waals surface area contributed by atoms with Gasteiger partial charge in [-0.1, -0.05) is 13.3 Å². The number of rotatable bonds is 18. The minimum absolute atomic E-state index is 1.23. The van der Waals surface area contributed by atoms with Crippen LogP contribution in [0.15, 0.2) is 22.0 Å². The fourth-order valence-corrected chi connectivity index (χ4v) is 26.8. The van der Waals surface area contributed by atoms with Crippen LogP contribution in [0, 0.1) is 0 Å². The molecule has 0 fully saturated rings. The molecule has 32 heavy (non-hydrogen) atoms. The van der Waals surface area contributed by atoms with E-state index in [4.69, 9.17) is 0 Å². The van der Waals surface area contributed by atoms with Crippen molar-refractivity contribution >= 4 is 59.9 Å². The molecule has 0 atom stereocenters. The summed E-state index contributed by atoms with van der Waals surface area (Å²) in [7, 11) is 0. The van der Waals surface area contributed by atoms with Gasteiger partial charge in [-0.2, -0.15) is 0 Å². The molecule has 0 aliphatic heterocycles. The van der Waals surface area contributed by atoms with E-state index < -0.39 is 18.4 Å². The van der Waals surface area contributed by atoms with Crippen LogP contribution >= 0.6 is 38.6 Å². The zero-order valence-electron chi connectivity index (χ0n) is 21.2. The Bertz CT molecular complexity index is 727. The van der Waals surface area contributed by atoms with Gasteiger partial charge in [-0.25, -0.2) is 0 Å². The molecule has 0 N–H and O–H groups in total. The normalized spacial score (nSPS) is 12.0. The number of hydrogen-bond donors (Lipinski definition) is 0. The van der Waals surface area contributed by atoms with Crippen LogP contribution in [-0.2, 0) is 6.42 Å². The van der Waals surface area contributed by atoms with E-state index in [9.17, 15) is 0 Å². The van der Waals surface area contributed by atoms with Gasteiger partial charge in [-0.15, -0.1) is 0 Å². The Kier molecular flexibility index (Phi) is 14.8. The zero-order valence-corrected chi connectivity index (χ0v) is 27.3. The Labute approximate surface area is 220 Å². The third-order valence-electron chi connectivity index (χ3n) is 6.96. The van der Waals surface area contributed by atoms with Crippen molar-refractivity contribution in [3.63, 3.8) is 0 Å². The molecule has 2 aromatic heterocycles. The van der Waals surface area contributed by atoms with Gasteiger partial charge < -0.3 is 0 Å². The van der Waals surface area contributed by atoms with Crippen LogP contribution in [0.3, 0.4) is 0 Å². The molecule has 0 aromatic carbocycles. The Balaban J connectivity index is 2.13. The first-order chi connectivity index (χ1) is 15.6. The summed E-state index contributed by atoms with van der Waals surface area (Å²) in [6.07, 6.45) is 17.9. The summed E-state index contributed by atoms with van der Waals surface area (Å²) in [5.41, 5.74) is 1.54. The van der Waals surface area contributed by atoms with E-state index in [0.29, 0.717) is 0 Å². The van der Waals surface area contributed by atoms with Gasteiger partial charge in [0, 0.05) is 0 Å². The van der Waals surface area contributed by atoms with Crippen LogP contribution in [0.2, 0.25) is 13.3 Å². The van der Waals surface area contributed by atoms with Crippen molar-refractivity contribution < 1.29 is 0 Å². The van der Waals surface area contributed by atoms with Crippen molar-refractivity contribution in [3.8, 4) is 9.75 Å². The molecule has 2 rings (SSSR count). The molecular weight excluding hydrogens is 599 g/mol.